The fourth-order valence-corrected chi connectivity index (χ4v) is 2.17. The van der Waals surface area contributed by atoms with E-state index >= 15 is 0 Å². The molecule has 0 unspecified atom stereocenters. The molecular formula is C18H24N2O4. The molecule has 1 aromatic rings. The van der Waals surface area contributed by atoms with E-state index in [9.17, 15) is 9.59 Å². The van der Waals surface area contributed by atoms with Gasteiger partial charge in [0, 0.05) is 25.2 Å². The summed E-state index contributed by atoms with van der Waals surface area (Å²) in [6.45, 7) is 6.63. The molecule has 130 valence electrons. The lowest BCUT2D eigenvalue weighted by Crippen LogP contribution is -2.40. The van der Waals surface area contributed by atoms with Gasteiger partial charge in [0.25, 0.3) is 0 Å². The van der Waals surface area contributed by atoms with Crippen LogP contribution >= 0.6 is 0 Å². The van der Waals surface area contributed by atoms with Crippen LogP contribution in [0.25, 0.3) is 0 Å². The van der Waals surface area contributed by atoms with Crippen LogP contribution in [0, 0.1) is 0 Å². The molecule has 0 aliphatic carbocycles. The van der Waals surface area contributed by atoms with Gasteiger partial charge in [-0.2, -0.15) is 0 Å². The quantitative estimate of drug-likeness (QED) is 0.921. The van der Waals surface area contributed by atoms with Gasteiger partial charge in [0.05, 0.1) is 0 Å². The third-order valence-corrected chi connectivity index (χ3v) is 3.34. The van der Waals surface area contributed by atoms with Crippen molar-refractivity contribution >= 4 is 12.2 Å². The normalized spacial score (nSPS) is 14.6. The molecule has 0 saturated heterocycles. The minimum Gasteiger partial charge on any atom is -0.444 e. The highest BCUT2D eigenvalue weighted by Gasteiger charge is 2.24. The third kappa shape index (κ3) is 5.95. The van der Waals surface area contributed by atoms with Gasteiger partial charge in [0.2, 0.25) is 0 Å². The Kier molecular flexibility index (Phi) is 5.84. The summed E-state index contributed by atoms with van der Waals surface area (Å²) in [4.78, 5) is 25.4. The predicted octanol–water partition coefficient (Wildman–Crippen LogP) is 3.44. The molecule has 24 heavy (non-hydrogen) atoms. The van der Waals surface area contributed by atoms with Gasteiger partial charge >= 0.3 is 12.2 Å². The molecule has 1 N–H and O–H groups in total. The number of nitrogens with one attached hydrogen (secondary N) is 1. The molecule has 6 heteroatoms. The topological polar surface area (TPSA) is 67.9 Å². The Hall–Kier alpha value is -2.50. The number of benzene rings is 1. The van der Waals surface area contributed by atoms with Crippen molar-refractivity contribution in [2.24, 2.45) is 0 Å². The zero-order valence-corrected chi connectivity index (χ0v) is 14.4. The Morgan fingerprint density at radius 2 is 1.92 bits per heavy atom. The van der Waals surface area contributed by atoms with Crippen LogP contribution in [0.4, 0.5) is 9.59 Å². The average molecular weight is 332 g/mol. The summed E-state index contributed by atoms with van der Waals surface area (Å²) >= 11 is 0. The van der Waals surface area contributed by atoms with E-state index in [1.54, 1.807) is 11.0 Å². The van der Waals surface area contributed by atoms with Gasteiger partial charge in [-0.25, -0.2) is 9.59 Å². The van der Waals surface area contributed by atoms with Gasteiger partial charge in [-0.05, 0) is 32.4 Å². The van der Waals surface area contributed by atoms with Gasteiger partial charge < -0.3 is 14.4 Å². The molecule has 0 saturated carbocycles. The summed E-state index contributed by atoms with van der Waals surface area (Å²) < 4.78 is 10.5. The van der Waals surface area contributed by atoms with Crippen molar-refractivity contribution in [3.8, 4) is 0 Å². The number of hydrogen-bond acceptors (Lipinski definition) is 4. The molecule has 1 aliphatic heterocycles. The number of nitrogens with zero attached hydrogens (tertiary/aromatic N) is 1. The van der Waals surface area contributed by atoms with Crippen LogP contribution in [0.5, 0.6) is 0 Å². The maximum Gasteiger partial charge on any atom is 0.411 e. The van der Waals surface area contributed by atoms with Gasteiger partial charge in [-0.3, -0.25) is 5.32 Å². The number of carbonyl (C=O) groups is 2. The highest BCUT2D eigenvalue weighted by atomic mass is 16.6. The first-order valence-corrected chi connectivity index (χ1v) is 7.98. The van der Waals surface area contributed by atoms with E-state index < -0.39 is 11.7 Å². The second-order valence-electron chi connectivity index (χ2n) is 6.59. The molecule has 2 amide bonds. The maximum atomic E-state index is 12.0. The Balaban J connectivity index is 1.76. The van der Waals surface area contributed by atoms with Crippen LogP contribution in [-0.2, 0) is 16.1 Å². The largest absolute Gasteiger partial charge is 0.444 e. The molecule has 0 fully saturated rings. The summed E-state index contributed by atoms with van der Waals surface area (Å²) in [5, 5.41) is 2.72. The van der Waals surface area contributed by atoms with Crippen LogP contribution in [0.15, 0.2) is 42.1 Å². The minimum atomic E-state index is -0.513. The maximum absolute atomic E-state index is 12.0. The van der Waals surface area contributed by atoms with Crippen molar-refractivity contribution in [1.82, 2.24) is 10.2 Å². The van der Waals surface area contributed by atoms with E-state index in [4.69, 9.17) is 9.47 Å². The number of carbonyl (C=O) groups excluding carboxylic acids is 2. The summed E-state index contributed by atoms with van der Waals surface area (Å²) in [5.41, 5.74) is 1.18. The van der Waals surface area contributed by atoms with Crippen molar-refractivity contribution in [2.75, 3.05) is 13.1 Å². The SMILES string of the molecule is CC(C)(C)OC(=O)N1CC=C(NC(=O)OCc2ccccc2)CC1. The van der Waals surface area contributed by atoms with Gasteiger partial charge in [-0.1, -0.05) is 30.3 Å². The van der Waals surface area contributed by atoms with E-state index in [0.29, 0.717) is 19.5 Å². The first-order valence-electron chi connectivity index (χ1n) is 7.98. The van der Waals surface area contributed by atoms with Gasteiger partial charge in [-0.15, -0.1) is 0 Å². The number of hydrogen-bond donors (Lipinski definition) is 1. The molecule has 2 rings (SSSR count). The Labute approximate surface area is 142 Å². The fourth-order valence-electron chi connectivity index (χ4n) is 2.17. The lowest BCUT2D eigenvalue weighted by Gasteiger charge is -2.29. The standard InChI is InChI=1S/C18H24N2O4/c1-18(2,3)24-17(22)20-11-9-15(10-12-20)19-16(21)23-13-14-7-5-4-6-8-14/h4-9H,10-13H2,1-3H3,(H,19,21). The first kappa shape index (κ1) is 17.8. The lowest BCUT2D eigenvalue weighted by atomic mass is 10.2. The van der Waals surface area contributed by atoms with Crippen LogP contribution in [-0.4, -0.2) is 35.8 Å². The first-order chi connectivity index (χ1) is 11.3. The Bertz CT molecular complexity index is 605. The average Bonchev–Trinajstić information content (AvgIpc) is 2.53. The van der Waals surface area contributed by atoms with Crippen LogP contribution in [0.3, 0.4) is 0 Å². The molecule has 1 aliphatic rings. The molecule has 0 atom stereocenters. The minimum absolute atomic E-state index is 0.226. The van der Waals surface area contributed by atoms with Crippen LogP contribution < -0.4 is 5.32 Å². The molecule has 0 aromatic heterocycles. The monoisotopic (exact) mass is 332 g/mol. The summed E-state index contributed by atoms with van der Waals surface area (Å²) in [5.74, 6) is 0. The van der Waals surface area contributed by atoms with E-state index in [-0.39, 0.29) is 12.7 Å². The van der Waals surface area contributed by atoms with Crippen molar-refractivity contribution in [1.29, 1.82) is 0 Å². The summed E-state index contributed by atoms with van der Waals surface area (Å²) in [6, 6.07) is 9.49. The van der Waals surface area contributed by atoms with Crippen molar-refractivity contribution < 1.29 is 19.1 Å². The Morgan fingerprint density at radius 3 is 2.50 bits per heavy atom. The van der Waals surface area contributed by atoms with E-state index in [2.05, 4.69) is 5.32 Å². The number of rotatable bonds is 3. The van der Waals surface area contributed by atoms with E-state index in [1.165, 1.54) is 0 Å². The number of ether oxygens (including phenoxy) is 2. The van der Waals surface area contributed by atoms with E-state index in [0.717, 1.165) is 11.3 Å². The van der Waals surface area contributed by atoms with Crippen LogP contribution in [0.1, 0.15) is 32.8 Å². The molecule has 1 aromatic carbocycles. The van der Waals surface area contributed by atoms with Crippen molar-refractivity contribution in [3.05, 3.63) is 47.7 Å². The second-order valence-corrected chi connectivity index (χ2v) is 6.59. The third-order valence-electron chi connectivity index (χ3n) is 3.34. The molecule has 1 heterocycles. The number of amides is 2. The Morgan fingerprint density at radius 1 is 1.21 bits per heavy atom. The van der Waals surface area contributed by atoms with Crippen molar-refractivity contribution in [3.63, 3.8) is 0 Å². The zero-order chi connectivity index (χ0) is 17.6. The smallest absolute Gasteiger partial charge is 0.411 e. The summed E-state index contributed by atoms with van der Waals surface area (Å²) in [6.07, 6.45) is 1.52. The summed E-state index contributed by atoms with van der Waals surface area (Å²) in [7, 11) is 0. The molecule has 0 spiro atoms. The predicted molar refractivity (Wildman–Crippen MR) is 90.3 cm³/mol. The molecule has 0 radical (unpaired) electrons. The van der Waals surface area contributed by atoms with Crippen LogP contribution in [0.2, 0.25) is 0 Å². The molecule has 6 nitrogen and oxygen atoms in total. The lowest BCUT2D eigenvalue weighted by molar-refractivity contribution is 0.0265. The highest BCUT2D eigenvalue weighted by Crippen LogP contribution is 2.14. The van der Waals surface area contributed by atoms with Gasteiger partial charge in [0.15, 0.2) is 0 Å². The zero-order valence-electron chi connectivity index (χ0n) is 14.4. The van der Waals surface area contributed by atoms with Gasteiger partial charge in [0.1, 0.15) is 12.2 Å². The molecule has 0 bridgehead atoms. The fraction of sp³-hybridized carbons (Fsp3) is 0.444. The molecular weight excluding hydrogens is 308 g/mol. The second kappa shape index (κ2) is 7.86. The van der Waals surface area contributed by atoms with E-state index in [1.807, 2.05) is 51.1 Å². The highest BCUT2D eigenvalue weighted by molar-refractivity contribution is 5.71. The number of alkyl carbamates (subject to hydrolysis) is 1. The van der Waals surface area contributed by atoms with Crippen molar-refractivity contribution in [2.45, 2.75) is 39.4 Å².